The van der Waals surface area contributed by atoms with Gasteiger partial charge in [-0.25, -0.2) is 0 Å². The normalized spacial score (nSPS) is 49.8. The summed E-state index contributed by atoms with van der Waals surface area (Å²) < 4.78 is 6.42. The van der Waals surface area contributed by atoms with Gasteiger partial charge in [0.05, 0.1) is 6.10 Å². The molecule has 2 nitrogen and oxygen atoms in total. The molecule has 98 valence electrons. The first-order valence-electron chi connectivity index (χ1n) is 7.40. The van der Waals surface area contributed by atoms with Crippen LogP contribution in [0.2, 0.25) is 0 Å². The maximum Gasteiger partial charge on any atom is 0.111 e. The maximum atomic E-state index is 6.42. The van der Waals surface area contributed by atoms with Gasteiger partial charge >= 0.3 is 0 Å². The van der Waals surface area contributed by atoms with Gasteiger partial charge in [-0.3, -0.25) is 4.90 Å². The molecule has 2 saturated heterocycles. The van der Waals surface area contributed by atoms with Gasteiger partial charge in [0.2, 0.25) is 0 Å². The molecular weight excluding hydrogens is 210 g/mol. The van der Waals surface area contributed by atoms with Crippen LogP contribution >= 0.6 is 0 Å². The molecule has 0 radical (unpaired) electrons. The summed E-state index contributed by atoms with van der Waals surface area (Å²) in [5, 5.41) is 0. The van der Waals surface area contributed by atoms with Crippen molar-refractivity contribution in [2.45, 2.75) is 71.2 Å². The number of hydrogen-bond donors (Lipinski definition) is 0. The van der Waals surface area contributed by atoms with Crippen LogP contribution in [0.25, 0.3) is 0 Å². The highest BCUT2D eigenvalue weighted by Gasteiger charge is 2.52. The quantitative estimate of drug-likeness (QED) is 0.641. The van der Waals surface area contributed by atoms with E-state index in [9.17, 15) is 0 Å². The molecule has 0 amide bonds. The fourth-order valence-electron chi connectivity index (χ4n) is 4.44. The Bertz CT molecular complexity index is 301. The molecule has 0 unspecified atom stereocenters. The molecule has 0 aromatic carbocycles. The second-order valence-electron chi connectivity index (χ2n) is 7.30. The fourth-order valence-corrected chi connectivity index (χ4v) is 4.44. The zero-order valence-electron chi connectivity index (χ0n) is 11.8. The minimum Gasteiger partial charge on any atom is -0.360 e. The Balaban J connectivity index is 1.85. The Morgan fingerprint density at radius 1 is 1.06 bits per heavy atom. The van der Waals surface area contributed by atoms with Crippen LogP contribution in [0.5, 0.6) is 0 Å². The van der Waals surface area contributed by atoms with Crippen molar-refractivity contribution in [2.24, 2.45) is 17.8 Å². The second-order valence-corrected chi connectivity index (χ2v) is 7.30. The highest BCUT2D eigenvalue weighted by Crippen LogP contribution is 2.48. The van der Waals surface area contributed by atoms with Crippen molar-refractivity contribution in [1.29, 1.82) is 0 Å². The summed E-state index contributed by atoms with van der Waals surface area (Å²) in [5.41, 5.74) is 0.346. The average molecular weight is 237 g/mol. The van der Waals surface area contributed by atoms with E-state index < -0.39 is 0 Å². The Hall–Kier alpha value is -0.0800. The van der Waals surface area contributed by atoms with E-state index >= 15 is 0 Å². The van der Waals surface area contributed by atoms with E-state index in [-0.39, 0.29) is 0 Å². The fraction of sp³-hybridized carbons (Fsp3) is 1.00. The zero-order chi connectivity index (χ0) is 12.2. The molecule has 2 aliphatic heterocycles. The van der Waals surface area contributed by atoms with Gasteiger partial charge in [0, 0.05) is 18.0 Å². The largest absolute Gasteiger partial charge is 0.360 e. The van der Waals surface area contributed by atoms with Crippen molar-refractivity contribution in [1.82, 2.24) is 4.90 Å². The van der Waals surface area contributed by atoms with Crippen molar-refractivity contribution in [3.63, 3.8) is 0 Å². The van der Waals surface area contributed by atoms with E-state index in [0.717, 1.165) is 17.8 Å². The average Bonchev–Trinajstić information content (AvgIpc) is 2.59. The summed E-state index contributed by atoms with van der Waals surface area (Å²) in [4.78, 5) is 2.65. The first-order chi connectivity index (χ1) is 7.98. The lowest BCUT2D eigenvalue weighted by Gasteiger charge is -2.55. The summed E-state index contributed by atoms with van der Waals surface area (Å²) in [5.74, 6) is 2.41. The molecule has 0 aromatic heterocycles. The molecule has 3 fully saturated rings. The van der Waals surface area contributed by atoms with Gasteiger partial charge in [-0.05, 0) is 44.9 Å². The van der Waals surface area contributed by atoms with Gasteiger partial charge in [0.25, 0.3) is 0 Å². The molecular formula is C15H27NO. The summed E-state index contributed by atoms with van der Waals surface area (Å²) in [6.07, 6.45) is 6.21. The molecule has 2 heterocycles. The number of rotatable bonds is 0. The third kappa shape index (κ3) is 1.84. The SMILES string of the molecule is C[C@@H]1CC[C@@H]2[C@@H](C1)O[C@H]1C[C@@H](C)CN1C2(C)C. The van der Waals surface area contributed by atoms with Crippen LogP contribution in [-0.4, -0.2) is 29.3 Å². The monoisotopic (exact) mass is 237 g/mol. The number of ether oxygens (including phenoxy) is 1. The van der Waals surface area contributed by atoms with Crippen LogP contribution in [0.3, 0.4) is 0 Å². The number of hydrogen-bond acceptors (Lipinski definition) is 2. The van der Waals surface area contributed by atoms with E-state index in [2.05, 4.69) is 32.6 Å². The van der Waals surface area contributed by atoms with Gasteiger partial charge in [-0.15, -0.1) is 0 Å². The molecule has 5 atom stereocenters. The summed E-state index contributed by atoms with van der Waals surface area (Å²) >= 11 is 0. The van der Waals surface area contributed by atoms with E-state index in [1.165, 1.54) is 32.2 Å². The molecule has 0 spiro atoms. The maximum absolute atomic E-state index is 6.42. The van der Waals surface area contributed by atoms with Gasteiger partial charge in [-0.1, -0.05) is 20.3 Å². The van der Waals surface area contributed by atoms with Gasteiger partial charge in [0.15, 0.2) is 0 Å². The second kappa shape index (κ2) is 3.96. The Labute approximate surface area is 106 Å². The molecule has 3 aliphatic rings. The van der Waals surface area contributed by atoms with Crippen molar-refractivity contribution < 1.29 is 4.74 Å². The highest BCUT2D eigenvalue weighted by molar-refractivity contribution is 5.02. The summed E-state index contributed by atoms with van der Waals surface area (Å²) in [7, 11) is 0. The van der Waals surface area contributed by atoms with Crippen LogP contribution in [0.4, 0.5) is 0 Å². The predicted molar refractivity (Wildman–Crippen MR) is 69.7 cm³/mol. The van der Waals surface area contributed by atoms with Crippen molar-refractivity contribution >= 4 is 0 Å². The first kappa shape index (κ1) is 12.0. The van der Waals surface area contributed by atoms with Crippen LogP contribution in [0, 0.1) is 17.8 Å². The van der Waals surface area contributed by atoms with Crippen LogP contribution < -0.4 is 0 Å². The Kier molecular flexibility index (Phi) is 2.79. The van der Waals surface area contributed by atoms with Gasteiger partial charge in [0.1, 0.15) is 6.23 Å². The van der Waals surface area contributed by atoms with Gasteiger partial charge < -0.3 is 4.74 Å². The lowest BCUT2D eigenvalue weighted by Crippen LogP contribution is -2.62. The molecule has 2 heteroatoms. The van der Waals surface area contributed by atoms with Crippen molar-refractivity contribution in [3.05, 3.63) is 0 Å². The van der Waals surface area contributed by atoms with Crippen molar-refractivity contribution in [3.8, 4) is 0 Å². The molecule has 17 heavy (non-hydrogen) atoms. The third-order valence-corrected chi connectivity index (χ3v) is 5.49. The minimum atomic E-state index is 0.346. The van der Waals surface area contributed by atoms with Crippen molar-refractivity contribution in [2.75, 3.05) is 6.54 Å². The molecule has 1 aliphatic carbocycles. The molecule has 0 bridgehead atoms. The number of nitrogens with zero attached hydrogens (tertiary/aromatic N) is 1. The van der Waals surface area contributed by atoms with E-state index in [0.29, 0.717) is 17.9 Å². The minimum absolute atomic E-state index is 0.346. The molecule has 0 aromatic rings. The van der Waals surface area contributed by atoms with Crippen LogP contribution in [0.15, 0.2) is 0 Å². The van der Waals surface area contributed by atoms with Crippen LogP contribution in [0.1, 0.15) is 53.4 Å². The molecule has 1 saturated carbocycles. The summed E-state index contributed by atoms with van der Waals surface area (Å²) in [6.45, 7) is 10.9. The predicted octanol–water partition coefficient (Wildman–Crippen LogP) is 3.27. The summed E-state index contributed by atoms with van der Waals surface area (Å²) in [6, 6.07) is 0. The lowest BCUT2D eigenvalue weighted by atomic mass is 9.70. The van der Waals surface area contributed by atoms with E-state index in [1.807, 2.05) is 0 Å². The topological polar surface area (TPSA) is 12.5 Å². The lowest BCUT2D eigenvalue weighted by molar-refractivity contribution is -0.217. The standard InChI is InChI=1S/C15H27NO/c1-10-5-6-12-13(7-10)17-14-8-11(2)9-16(14)15(12,3)4/h10-14H,5-9H2,1-4H3/t10-,11-,12-,13-,14+/m1/s1. The molecule has 3 rings (SSSR count). The first-order valence-corrected chi connectivity index (χ1v) is 7.40. The Morgan fingerprint density at radius 2 is 1.82 bits per heavy atom. The highest BCUT2D eigenvalue weighted by atomic mass is 16.5. The third-order valence-electron chi connectivity index (χ3n) is 5.49. The number of fused-ring (bicyclic) bond motifs is 2. The van der Waals surface area contributed by atoms with Crippen LogP contribution in [-0.2, 0) is 4.74 Å². The smallest absolute Gasteiger partial charge is 0.111 e. The Morgan fingerprint density at radius 3 is 2.59 bits per heavy atom. The van der Waals surface area contributed by atoms with E-state index in [4.69, 9.17) is 4.74 Å². The van der Waals surface area contributed by atoms with E-state index in [1.54, 1.807) is 0 Å². The molecule has 0 N–H and O–H groups in total. The zero-order valence-corrected chi connectivity index (χ0v) is 11.8. The van der Waals surface area contributed by atoms with Gasteiger partial charge in [-0.2, -0.15) is 0 Å².